The number of hydrogen-bond donors (Lipinski definition) is 1. The lowest BCUT2D eigenvalue weighted by Crippen LogP contribution is -2.22. The summed E-state index contributed by atoms with van der Waals surface area (Å²) in [6.07, 6.45) is 1.47. The molecule has 0 radical (unpaired) electrons. The second-order valence-corrected chi connectivity index (χ2v) is 7.36. The zero-order valence-electron chi connectivity index (χ0n) is 15.3. The van der Waals surface area contributed by atoms with Gasteiger partial charge in [-0.25, -0.2) is 0 Å². The van der Waals surface area contributed by atoms with Crippen molar-refractivity contribution in [2.24, 2.45) is 0 Å². The molecule has 0 aliphatic carbocycles. The summed E-state index contributed by atoms with van der Waals surface area (Å²) in [4.78, 5) is 26.1. The third-order valence-corrected chi connectivity index (χ3v) is 5.23. The van der Waals surface area contributed by atoms with Gasteiger partial charge in [-0.1, -0.05) is 18.2 Å². The van der Waals surface area contributed by atoms with Gasteiger partial charge < -0.3 is 14.5 Å². The molecule has 4 aromatic rings. The minimum absolute atomic E-state index is 0.161. The molecule has 144 valence electrons. The maximum Gasteiger partial charge on any atom is 0.251 e. The summed E-state index contributed by atoms with van der Waals surface area (Å²) < 4.78 is 10.9. The van der Waals surface area contributed by atoms with Crippen molar-refractivity contribution in [1.29, 1.82) is 0 Å². The molecule has 0 spiro atoms. The molecule has 2 aromatic carbocycles. The quantitative estimate of drug-likeness (QED) is 0.426. The minimum Gasteiger partial charge on any atom is -0.461 e. The van der Waals surface area contributed by atoms with E-state index in [1.807, 2.05) is 36.4 Å². The number of ether oxygens (including phenoxy) is 1. The standard InChI is InChI=1S/C23H17NO4S/c25-22(20-7-4-14-27-20)21-13-12-19(29-21)15-24-23(26)16-8-10-18(11-9-16)28-17-5-2-1-3-6-17/h1-14H,15H2,(H,24,26). The Kier molecular flexibility index (Phi) is 5.54. The van der Waals surface area contributed by atoms with Gasteiger partial charge in [0.15, 0.2) is 5.76 Å². The Hall–Kier alpha value is -3.64. The van der Waals surface area contributed by atoms with E-state index in [-0.39, 0.29) is 11.7 Å². The molecule has 0 bridgehead atoms. The average molecular weight is 403 g/mol. The number of thiophene rings is 1. The molecule has 0 saturated heterocycles. The van der Waals surface area contributed by atoms with Gasteiger partial charge in [-0.15, -0.1) is 11.3 Å². The highest BCUT2D eigenvalue weighted by atomic mass is 32.1. The lowest BCUT2D eigenvalue weighted by Gasteiger charge is -2.07. The highest BCUT2D eigenvalue weighted by Crippen LogP contribution is 2.22. The summed E-state index contributed by atoms with van der Waals surface area (Å²) in [5.74, 6) is 1.35. The van der Waals surface area contributed by atoms with Crippen LogP contribution in [-0.2, 0) is 6.54 Å². The Bertz CT molecular complexity index is 1100. The molecule has 6 heteroatoms. The van der Waals surface area contributed by atoms with Crippen LogP contribution in [0.3, 0.4) is 0 Å². The van der Waals surface area contributed by atoms with Crippen LogP contribution in [0, 0.1) is 0 Å². The van der Waals surface area contributed by atoms with Crippen LogP contribution in [0.5, 0.6) is 11.5 Å². The van der Waals surface area contributed by atoms with Crippen molar-refractivity contribution in [2.45, 2.75) is 6.54 Å². The van der Waals surface area contributed by atoms with E-state index in [2.05, 4.69) is 5.32 Å². The van der Waals surface area contributed by atoms with Gasteiger partial charge in [-0.2, -0.15) is 0 Å². The largest absolute Gasteiger partial charge is 0.461 e. The first-order valence-electron chi connectivity index (χ1n) is 8.97. The summed E-state index contributed by atoms with van der Waals surface area (Å²) in [6, 6.07) is 23.3. The molecule has 0 atom stereocenters. The van der Waals surface area contributed by atoms with Crippen molar-refractivity contribution in [3.05, 3.63) is 106 Å². The molecule has 0 aliphatic rings. The number of furan rings is 1. The number of benzene rings is 2. The predicted molar refractivity (Wildman–Crippen MR) is 111 cm³/mol. The van der Waals surface area contributed by atoms with Gasteiger partial charge in [0.25, 0.3) is 5.91 Å². The van der Waals surface area contributed by atoms with E-state index in [9.17, 15) is 9.59 Å². The van der Waals surface area contributed by atoms with Crippen LogP contribution in [0.15, 0.2) is 89.5 Å². The van der Waals surface area contributed by atoms with Gasteiger partial charge in [0.1, 0.15) is 11.5 Å². The summed E-state index contributed by atoms with van der Waals surface area (Å²) >= 11 is 1.34. The maximum atomic E-state index is 12.4. The second kappa shape index (κ2) is 8.58. The molecule has 4 rings (SSSR count). The van der Waals surface area contributed by atoms with Gasteiger partial charge in [0, 0.05) is 10.4 Å². The lowest BCUT2D eigenvalue weighted by molar-refractivity contribution is 0.0950. The Morgan fingerprint density at radius 2 is 1.62 bits per heavy atom. The molecular formula is C23H17NO4S. The van der Waals surface area contributed by atoms with E-state index in [0.717, 1.165) is 10.6 Å². The number of carbonyl (C=O) groups is 2. The van der Waals surface area contributed by atoms with Crippen LogP contribution in [0.25, 0.3) is 0 Å². The zero-order chi connectivity index (χ0) is 20.1. The highest BCUT2D eigenvalue weighted by Gasteiger charge is 2.15. The Labute approximate surface area is 171 Å². The monoisotopic (exact) mass is 403 g/mol. The van der Waals surface area contributed by atoms with E-state index in [4.69, 9.17) is 9.15 Å². The molecular weight excluding hydrogens is 386 g/mol. The third kappa shape index (κ3) is 4.62. The SMILES string of the molecule is O=C(NCc1ccc(C(=O)c2ccco2)s1)c1ccc(Oc2ccccc2)cc1. The smallest absolute Gasteiger partial charge is 0.251 e. The summed E-state index contributed by atoms with van der Waals surface area (Å²) in [5.41, 5.74) is 0.536. The molecule has 29 heavy (non-hydrogen) atoms. The van der Waals surface area contributed by atoms with Crippen molar-refractivity contribution in [3.63, 3.8) is 0 Å². The summed E-state index contributed by atoms with van der Waals surface area (Å²) in [5, 5.41) is 2.87. The van der Waals surface area contributed by atoms with E-state index < -0.39 is 0 Å². The highest BCUT2D eigenvalue weighted by molar-refractivity contribution is 7.14. The first-order valence-corrected chi connectivity index (χ1v) is 9.79. The molecule has 1 amide bonds. The number of para-hydroxylation sites is 1. The van der Waals surface area contributed by atoms with Crippen molar-refractivity contribution in [3.8, 4) is 11.5 Å². The number of nitrogens with one attached hydrogen (secondary N) is 1. The first-order chi connectivity index (χ1) is 14.2. The number of amides is 1. The van der Waals surface area contributed by atoms with E-state index in [0.29, 0.717) is 28.5 Å². The van der Waals surface area contributed by atoms with E-state index >= 15 is 0 Å². The van der Waals surface area contributed by atoms with Crippen LogP contribution in [0.1, 0.15) is 30.7 Å². The van der Waals surface area contributed by atoms with Crippen molar-refractivity contribution < 1.29 is 18.7 Å². The summed E-state index contributed by atoms with van der Waals surface area (Å²) in [7, 11) is 0. The topological polar surface area (TPSA) is 68.5 Å². The van der Waals surface area contributed by atoms with Crippen molar-refractivity contribution in [1.82, 2.24) is 5.32 Å². The number of rotatable bonds is 7. The van der Waals surface area contributed by atoms with Crippen LogP contribution < -0.4 is 10.1 Å². The predicted octanol–water partition coefficient (Wildman–Crippen LogP) is 5.29. The fourth-order valence-electron chi connectivity index (χ4n) is 2.69. The van der Waals surface area contributed by atoms with Crippen molar-refractivity contribution >= 4 is 23.0 Å². The van der Waals surface area contributed by atoms with Gasteiger partial charge in [0.2, 0.25) is 5.78 Å². The molecule has 0 unspecified atom stereocenters. The van der Waals surface area contributed by atoms with Gasteiger partial charge in [-0.05, 0) is 60.7 Å². The van der Waals surface area contributed by atoms with E-state index in [1.165, 1.54) is 17.6 Å². The molecule has 0 saturated carbocycles. The van der Waals surface area contributed by atoms with Gasteiger partial charge >= 0.3 is 0 Å². The maximum absolute atomic E-state index is 12.4. The zero-order valence-corrected chi connectivity index (χ0v) is 16.1. The molecule has 0 aliphatic heterocycles. The fourth-order valence-corrected chi connectivity index (χ4v) is 3.58. The number of carbonyl (C=O) groups excluding carboxylic acids is 2. The average Bonchev–Trinajstić information content (AvgIpc) is 3.45. The molecule has 5 nitrogen and oxygen atoms in total. The van der Waals surface area contributed by atoms with Crippen LogP contribution in [0.4, 0.5) is 0 Å². The van der Waals surface area contributed by atoms with Crippen molar-refractivity contribution in [2.75, 3.05) is 0 Å². The van der Waals surface area contributed by atoms with Gasteiger partial charge in [0.05, 0.1) is 17.7 Å². The lowest BCUT2D eigenvalue weighted by atomic mass is 10.2. The van der Waals surface area contributed by atoms with E-state index in [1.54, 1.807) is 42.5 Å². The molecule has 2 heterocycles. The fraction of sp³-hybridized carbons (Fsp3) is 0.0435. The van der Waals surface area contributed by atoms with Crippen LogP contribution in [-0.4, -0.2) is 11.7 Å². The number of ketones is 1. The molecule has 1 N–H and O–H groups in total. The third-order valence-electron chi connectivity index (χ3n) is 4.15. The Morgan fingerprint density at radius 1 is 0.862 bits per heavy atom. The summed E-state index contributed by atoms with van der Waals surface area (Å²) in [6.45, 7) is 0.344. The number of hydrogen-bond acceptors (Lipinski definition) is 5. The van der Waals surface area contributed by atoms with Crippen LogP contribution >= 0.6 is 11.3 Å². The van der Waals surface area contributed by atoms with Gasteiger partial charge in [-0.3, -0.25) is 9.59 Å². The first kappa shape index (κ1) is 18.7. The molecule has 2 aromatic heterocycles. The minimum atomic E-state index is -0.191. The van der Waals surface area contributed by atoms with Crippen LogP contribution in [0.2, 0.25) is 0 Å². The Morgan fingerprint density at radius 3 is 2.34 bits per heavy atom. The second-order valence-electron chi connectivity index (χ2n) is 6.19. The Balaban J connectivity index is 1.33. The molecule has 0 fully saturated rings. The normalized spacial score (nSPS) is 10.5.